The van der Waals surface area contributed by atoms with E-state index in [2.05, 4.69) is 17.2 Å². The minimum atomic E-state index is 0.101. The van der Waals surface area contributed by atoms with Crippen molar-refractivity contribution >= 4 is 34.5 Å². The zero-order valence-electron chi connectivity index (χ0n) is 17.4. The number of likely N-dealkylation sites (tertiary alicyclic amines) is 1. The van der Waals surface area contributed by atoms with Crippen molar-refractivity contribution in [3.63, 3.8) is 0 Å². The van der Waals surface area contributed by atoms with Gasteiger partial charge in [-0.3, -0.25) is 9.59 Å². The highest BCUT2D eigenvalue weighted by Crippen LogP contribution is 2.34. The average molecular weight is 432 g/mol. The third-order valence-corrected chi connectivity index (χ3v) is 6.93. The molecule has 0 bridgehead atoms. The number of morpholine rings is 1. The second-order valence-corrected chi connectivity index (χ2v) is 8.78. The largest absolute Gasteiger partial charge is 0.497 e. The molecule has 0 aliphatic carbocycles. The number of methoxy groups -OCH3 is 1. The summed E-state index contributed by atoms with van der Waals surface area (Å²) in [7, 11) is 1.68. The zero-order chi connectivity index (χ0) is 20.9. The van der Waals surface area contributed by atoms with E-state index in [1.807, 2.05) is 21.9 Å². The number of benzene rings is 1. The number of carbonyl (C=O) groups is 2. The van der Waals surface area contributed by atoms with E-state index in [1.54, 1.807) is 7.11 Å². The Bertz CT molecular complexity index is 886. The summed E-state index contributed by atoms with van der Waals surface area (Å²) in [5.74, 6) is 2.26. The molecule has 0 spiro atoms. The predicted molar refractivity (Wildman–Crippen MR) is 118 cm³/mol. The van der Waals surface area contributed by atoms with E-state index >= 15 is 0 Å². The third-order valence-electron chi connectivity index (χ3n) is 6.02. The van der Waals surface area contributed by atoms with E-state index in [9.17, 15) is 9.59 Å². The topological polar surface area (TPSA) is 74.9 Å². The van der Waals surface area contributed by atoms with Gasteiger partial charge in [-0.05, 0) is 42.5 Å². The van der Waals surface area contributed by atoms with Crippen molar-refractivity contribution in [3.8, 4) is 5.75 Å². The fraction of sp³-hybridized carbons (Fsp3) is 0.545. The first kappa shape index (κ1) is 21.1. The maximum absolute atomic E-state index is 12.6. The number of ether oxygens (including phenoxy) is 2. The predicted octanol–water partition coefficient (Wildman–Crippen LogP) is 2.47. The van der Waals surface area contributed by atoms with Crippen LogP contribution in [0.15, 0.2) is 24.4 Å². The van der Waals surface area contributed by atoms with Crippen molar-refractivity contribution in [1.82, 2.24) is 14.8 Å². The van der Waals surface area contributed by atoms with Gasteiger partial charge in [0.25, 0.3) is 0 Å². The molecule has 0 radical (unpaired) electrons. The maximum Gasteiger partial charge on any atom is 0.232 e. The van der Waals surface area contributed by atoms with Crippen LogP contribution in [0.1, 0.15) is 24.3 Å². The molecule has 2 aromatic rings. The molecule has 3 heterocycles. The number of aromatic amines is 1. The van der Waals surface area contributed by atoms with E-state index in [0.29, 0.717) is 43.7 Å². The van der Waals surface area contributed by atoms with Gasteiger partial charge in [0, 0.05) is 43.3 Å². The van der Waals surface area contributed by atoms with Crippen LogP contribution in [0.2, 0.25) is 0 Å². The molecule has 2 aliphatic heterocycles. The van der Waals surface area contributed by atoms with Gasteiger partial charge in [0.05, 0.1) is 31.8 Å². The number of fused-ring (bicyclic) bond motifs is 1. The molecule has 0 atom stereocenters. The van der Waals surface area contributed by atoms with E-state index < -0.39 is 0 Å². The summed E-state index contributed by atoms with van der Waals surface area (Å²) in [4.78, 5) is 31.9. The van der Waals surface area contributed by atoms with Gasteiger partial charge in [-0.1, -0.05) is 0 Å². The van der Waals surface area contributed by atoms with Gasteiger partial charge in [0.15, 0.2) is 0 Å². The minimum absolute atomic E-state index is 0.101. The molecule has 4 rings (SSSR count). The first-order chi connectivity index (χ1) is 14.7. The highest BCUT2D eigenvalue weighted by Gasteiger charge is 2.26. The number of hydrogen-bond donors (Lipinski definition) is 1. The second-order valence-electron chi connectivity index (χ2n) is 7.80. The summed E-state index contributed by atoms with van der Waals surface area (Å²) < 4.78 is 10.6. The molecule has 2 aliphatic rings. The Morgan fingerprint density at radius 2 is 1.77 bits per heavy atom. The van der Waals surface area contributed by atoms with Crippen molar-refractivity contribution in [2.45, 2.75) is 18.8 Å². The Balaban J connectivity index is 1.25. The first-order valence-electron chi connectivity index (χ1n) is 10.5. The van der Waals surface area contributed by atoms with Crippen molar-refractivity contribution in [1.29, 1.82) is 0 Å². The lowest BCUT2D eigenvalue weighted by Gasteiger charge is -2.32. The van der Waals surface area contributed by atoms with Gasteiger partial charge in [-0.2, -0.15) is 0 Å². The molecule has 8 heteroatoms. The molecular formula is C22H29N3O4S. The lowest BCUT2D eigenvalue weighted by Crippen LogP contribution is -2.42. The van der Waals surface area contributed by atoms with Crippen LogP contribution in [0.5, 0.6) is 5.75 Å². The number of rotatable bonds is 6. The summed E-state index contributed by atoms with van der Waals surface area (Å²) in [6.45, 7) is 4.04. The van der Waals surface area contributed by atoms with Crippen LogP contribution in [0, 0.1) is 0 Å². The summed E-state index contributed by atoms with van der Waals surface area (Å²) in [5, 5.41) is 1.20. The summed E-state index contributed by atoms with van der Waals surface area (Å²) in [6, 6.07) is 6.10. The smallest absolute Gasteiger partial charge is 0.232 e. The molecule has 7 nitrogen and oxygen atoms in total. The summed E-state index contributed by atoms with van der Waals surface area (Å²) >= 11 is 1.42. The van der Waals surface area contributed by atoms with Gasteiger partial charge in [-0.15, -0.1) is 11.8 Å². The Hall–Kier alpha value is -2.19. The van der Waals surface area contributed by atoms with Crippen LogP contribution in [0.4, 0.5) is 0 Å². The number of hydrogen-bond acceptors (Lipinski definition) is 5. The highest BCUT2D eigenvalue weighted by atomic mass is 32.2. The first-order valence-corrected chi connectivity index (χ1v) is 11.7. The van der Waals surface area contributed by atoms with Gasteiger partial charge < -0.3 is 24.3 Å². The molecule has 2 fully saturated rings. The normalized spacial score (nSPS) is 18.0. The maximum atomic E-state index is 12.6. The molecule has 30 heavy (non-hydrogen) atoms. The quantitative estimate of drug-likeness (QED) is 0.761. The summed E-state index contributed by atoms with van der Waals surface area (Å²) in [5.41, 5.74) is 2.42. The molecule has 1 aromatic carbocycles. The van der Waals surface area contributed by atoms with E-state index in [-0.39, 0.29) is 11.8 Å². The standard InChI is InChI=1S/C22H29N3O4S/c1-28-17-2-3-20-18(12-17)19(13-23-20)16-4-6-24(7-5-16)21(26)14-30-15-22(27)25-8-10-29-11-9-25/h2-3,12-13,16,23H,4-11,14-15H2,1H3. The number of nitrogens with one attached hydrogen (secondary N) is 1. The number of carbonyl (C=O) groups excluding carboxylic acids is 2. The van der Waals surface area contributed by atoms with Crippen LogP contribution >= 0.6 is 11.8 Å². The molecular weight excluding hydrogens is 402 g/mol. The van der Waals surface area contributed by atoms with Crippen LogP contribution in [0.25, 0.3) is 10.9 Å². The Morgan fingerprint density at radius 3 is 2.43 bits per heavy atom. The minimum Gasteiger partial charge on any atom is -0.497 e. The van der Waals surface area contributed by atoms with Crippen molar-refractivity contribution in [2.75, 3.05) is 58.0 Å². The molecule has 0 unspecified atom stereocenters. The van der Waals surface area contributed by atoms with Gasteiger partial charge in [-0.25, -0.2) is 0 Å². The second kappa shape index (κ2) is 9.75. The van der Waals surface area contributed by atoms with Crippen LogP contribution < -0.4 is 4.74 Å². The van der Waals surface area contributed by atoms with Crippen LogP contribution in [0.3, 0.4) is 0 Å². The van der Waals surface area contributed by atoms with E-state index in [0.717, 1.165) is 37.2 Å². The SMILES string of the molecule is COc1ccc2[nH]cc(C3CCN(C(=O)CSCC(=O)N4CCOCC4)CC3)c2c1. The van der Waals surface area contributed by atoms with Gasteiger partial charge in [0.2, 0.25) is 11.8 Å². The average Bonchev–Trinajstić information content (AvgIpc) is 3.22. The highest BCUT2D eigenvalue weighted by molar-refractivity contribution is 8.00. The molecule has 162 valence electrons. The Labute approximate surface area is 181 Å². The number of thioether (sulfide) groups is 1. The lowest BCUT2D eigenvalue weighted by atomic mass is 9.89. The van der Waals surface area contributed by atoms with Crippen LogP contribution in [-0.4, -0.2) is 84.6 Å². The number of H-pyrrole nitrogens is 1. The van der Waals surface area contributed by atoms with Crippen molar-refractivity contribution < 1.29 is 19.1 Å². The Kier molecular flexibility index (Phi) is 6.84. The molecule has 1 aromatic heterocycles. The monoisotopic (exact) mass is 431 g/mol. The fourth-order valence-electron chi connectivity index (χ4n) is 4.25. The number of aromatic nitrogens is 1. The number of piperidine rings is 1. The van der Waals surface area contributed by atoms with Crippen molar-refractivity contribution in [2.24, 2.45) is 0 Å². The number of amides is 2. The fourth-order valence-corrected chi connectivity index (χ4v) is 5.06. The molecule has 1 N–H and O–H groups in total. The Morgan fingerprint density at radius 1 is 1.10 bits per heavy atom. The number of nitrogens with zero attached hydrogens (tertiary/aromatic N) is 2. The summed E-state index contributed by atoms with van der Waals surface area (Å²) in [6.07, 6.45) is 4.00. The van der Waals surface area contributed by atoms with E-state index in [1.165, 1.54) is 22.7 Å². The van der Waals surface area contributed by atoms with E-state index in [4.69, 9.17) is 9.47 Å². The lowest BCUT2D eigenvalue weighted by molar-refractivity contribution is -0.132. The molecule has 2 amide bonds. The van der Waals surface area contributed by atoms with Crippen molar-refractivity contribution in [3.05, 3.63) is 30.0 Å². The third kappa shape index (κ3) is 4.75. The van der Waals surface area contributed by atoms with Gasteiger partial charge in [0.1, 0.15) is 5.75 Å². The van der Waals surface area contributed by atoms with Gasteiger partial charge >= 0.3 is 0 Å². The van der Waals surface area contributed by atoms with Crippen LogP contribution in [-0.2, 0) is 14.3 Å². The molecule has 0 saturated carbocycles. The molecule has 2 saturated heterocycles. The zero-order valence-corrected chi connectivity index (χ0v) is 18.2.